The summed E-state index contributed by atoms with van der Waals surface area (Å²) in [7, 11) is 0. The molecule has 90 valence electrons. The third-order valence-electron chi connectivity index (χ3n) is 2.23. The van der Waals surface area contributed by atoms with Crippen molar-refractivity contribution >= 4 is 5.88 Å². The molecular formula is C10H19N4O2+. The summed E-state index contributed by atoms with van der Waals surface area (Å²) < 4.78 is 10.5. The molecule has 0 radical (unpaired) electrons. The van der Waals surface area contributed by atoms with E-state index in [4.69, 9.17) is 9.26 Å². The van der Waals surface area contributed by atoms with E-state index in [-0.39, 0.29) is 5.54 Å². The van der Waals surface area contributed by atoms with E-state index >= 15 is 0 Å². The van der Waals surface area contributed by atoms with Crippen LogP contribution in [-0.4, -0.2) is 37.1 Å². The van der Waals surface area contributed by atoms with Gasteiger partial charge in [0.1, 0.15) is 0 Å². The van der Waals surface area contributed by atoms with Gasteiger partial charge in [-0.05, 0) is 20.8 Å². The van der Waals surface area contributed by atoms with Crippen LogP contribution >= 0.6 is 0 Å². The van der Waals surface area contributed by atoms with Crippen molar-refractivity contribution in [3.05, 3.63) is 6.20 Å². The van der Waals surface area contributed by atoms with Crippen molar-refractivity contribution in [3.63, 3.8) is 0 Å². The molecule has 2 heterocycles. The van der Waals surface area contributed by atoms with Crippen molar-refractivity contribution in [2.75, 3.05) is 36.6 Å². The van der Waals surface area contributed by atoms with Crippen molar-refractivity contribution in [1.29, 1.82) is 0 Å². The number of aromatic nitrogens is 2. The summed E-state index contributed by atoms with van der Waals surface area (Å²) in [5.41, 5.74) is -0.0254. The first-order valence-corrected chi connectivity index (χ1v) is 5.54. The Morgan fingerprint density at radius 3 is 2.69 bits per heavy atom. The standard InChI is InChI=1S/C10H19N4O2/c1-10(2,3)11-9-8-14(12-16-9)13-4-6-15-7-5-13/h8,11H,4-7H2,1-3H3/q+1. The molecule has 1 aromatic rings. The minimum atomic E-state index is -0.0254. The molecule has 1 aromatic heterocycles. The van der Waals surface area contributed by atoms with Gasteiger partial charge in [-0.1, -0.05) is 0 Å². The summed E-state index contributed by atoms with van der Waals surface area (Å²) in [6.07, 6.45) is 1.86. The Morgan fingerprint density at radius 1 is 1.38 bits per heavy atom. The number of nitrogens with one attached hydrogen (secondary N) is 1. The molecule has 6 nitrogen and oxygen atoms in total. The SMILES string of the molecule is CC(C)(C)Nc1c[n+](N2CCOCC2)no1. The van der Waals surface area contributed by atoms with Crippen LogP contribution in [0.2, 0.25) is 0 Å². The van der Waals surface area contributed by atoms with Crippen LogP contribution < -0.4 is 15.1 Å². The molecule has 1 saturated heterocycles. The van der Waals surface area contributed by atoms with Crippen molar-refractivity contribution in [2.24, 2.45) is 0 Å². The minimum Gasteiger partial charge on any atom is -0.377 e. The molecular weight excluding hydrogens is 208 g/mol. The molecule has 0 amide bonds. The van der Waals surface area contributed by atoms with E-state index in [0.717, 1.165) is 26.3 Å². The number of hydrogen-bond acceptors (Lipinski definition) is 5. The third-order valence-corrected chi connectivity index (χ3v) is 2.23. The van der Waals surface area contributed by atoms with Gasteiger partial charge in [0.25, 0.3) is 12.1 Å². The van der Waals surface area contributed by atoms with E-state index < -0.39 is 0 Å². The lowest BCUT2D eigenvalue weighted by Crippen LogP contribution is -2.62. The highest BCUT2D eigenvalue weighted by atomic mass is 16.5. The quantitative estimate of drug-likeness (QED) is 0.728. The summed E-state index contributed by atoms with van der Waals surface area (Å²) in [6.45, 7) is 9.39. The molecule has 0 aliphatic carbocycles. The normalized spacial score (nSPS) is 17.6. The number of ether oxygens (including phenoxy) is 1. The Hall–Kier alpha value is -1.30. The second-order valence-electron chi connectivity index (χ2n) is 4.93. The van der Waals surface area contributed by atoms with Crippen LogP contribution in [0.1, 0.15) is 20.8 Å². The Morgan fingerprint density at radius 2 is 2.06 bits per heavy atom. The molecule has 0 bridgehead atoms. The van der Waals surface area contributed by atoms with E-state index in [1.54, 1.807) is 4.79 Å². The molecule has 0 saturated carbocycles. The highest BCUT2D eigenvalue weighted by Crippen LogP contribution is 2.11. The van der Waals surface area contributed by atoms with E-state index in [1.165, 1.54) is 0 Å². The fourth-order valence-electron chi connectivity index (χ4n) is 1.55. The summed E-state index contributed by atoms with van der Waals surface area (Å²) in [5.74, 6) is 0.680. The van der Waals surface area contributed by atoms with Crippen LogP contribution in [-0.2, 0) is 4.74 Å². The van der Waals surface area contributed by atoms with Crippen LogP contribution in [0.3, 0.4) is 0 Å². The van der Waals surface area contributed by atoms with Gasteiger partial charge in [0.15, 0.2) is 0 Å². The maximum absolute atomic E-state index is 5.28. The number of hydrogen-bond donors (Lipinski definition) is 1. The first-order valence-electron chi connectivity index (χ1n) is 5.54. The zero-order chi connectivity index (χ0) is 11.6. The predicted octanol–water partition coefficient (Wildman–Crippen LogP) is 0.141. The Labute approximate surface area is 95.1 Å². The van der Waals surface area contributed by atoms with Crippen molar-refractivity contribution < 1.29 is 14.1 Å². The average Bonchev–Trinajstić information content (AvgIpc) is 2.65. The highest BCUT2D eigenvalue weighted by Gasteiger charge is 2.24. The lowest BCUT2D eigenvalue weighted by Gasteiger charge is -2.19. The fraction of sp³-hybridized carbons (Fsp3) is 0.800. The Balaban J connectivity index is 2.01. The summed E-state index contributed by atoms with van der Waals surface area (Å²) >= 11 is 0. The van der Waals surface area contributed by atoms with Crippen LogP contribution in [0.15, 0.2) is 10.7 Å². The lowest BCUT2D eigenvalue weighted by atomic mass is 10.1. The first kappa shape index (κ1) is 11.2. The van der Waals surface area contributed by atoms with Crippen LogP contribution in [0.25, 0.3) is 0 Å². The van der Waals surface area contributed by atoms with Gasteiger partial charge in [-0.2, -0.15) is 0 Å². The Kier molecular flexibility index (Phi) is 3.00. The maximum Gasteiger partial charge on any atom is 0.299 e. The van der Waals surface area contributed by atoms with Crippen molar-refractivity contribution in [1.82, 2.24) is 5.27 Å². The van der Waals surface area contributed by atoms with Gasteiger partial charge >= 0.3 is 0 Å². The summed E-state index contributed by atoms with van der Waals surface area (Å²) in [6, 6.07) is 0. The van der Waals surface area contributed by atoms with Gasteiger partial charge in [0.2, 0.25) is 5.27 Å². The van der Waals surface area contributed by atoms with Gasteiger partial charge in [0, 0.05) is 5.54 Å². The smallest absolute Gasteiger partial charge is 0.299 e. The summed E-state index contributed by atoms with van der Waals surface area (Å²) in [5, 5.41) is 9.29. The second kappa shape index (κ2) is 4.29. The average molecular weight is 227 g/mol. The van der Waals surface area contributed by atoms with E-state index in [0.29, 0.717) is 5.88 Å². The highest BCUT2D eigenvalue weighted by molar-refractivity contribution is 5.26. The van der Waals surface area contributed by atoms with Crippen LogP contribution in [0, 0.1) is 0 Å². The molecule has 1 N–H and O–H groups in total. The van der Waals surface area contributed by atoms with Crippen LogP contribution in [0.5, 0.6) is 0 Å². The van der Waals surface area contributed by atoms with Crippen molar-refractivity contribution in [2.45, 2.75) is 26.3 Å². The number of rotatable bonds is 2. The second-order valence-corrected chi connectivity index (χ2v) is 4.93. The van der Waals surface area contributed by atoms with Gasteiger partial charge in [0.05, 0.1) is 31.1 Å². The molecule has 1 aliphatic rings. The van der Waals surface area contributed by atoms with E-state index in [1.807, 2.05) is 6.20 Å². The Bertz CT molecular complexity index is 339. The third kappa shape index (κ3) is 2.85. The summed E-state index contributed by atoms with van der Waals surface area (Å²) in [4.78, 5) is 1.73. The molecule has 0 atom stereocenters. The molecule has 0 spiro atoms. The molecule has 0 aromatic carbocycles. The minimum absolute atomic E-state index is 0.0254. The number of morpholine rings is 1. The topological polar surface area (TPSA) is 54.4 Å². The molecule has 2 rings (SSSR count). The van der Waals surface area contributed by atoms with Crippen LogP contribution in [0.4, 0.5) is 5.88 Å². The zero-order valence-corrected chi connectivity index (χ0v) is 10.1. The molecule has 1 fully saturated rings. The molecule has 16 heavy (non-hydrogen) atoms. The molecule has 6 heteroatoms. The number of anilines is 1. The predicted molar refractivity (Wildman–Crippen MR) is 58.8 cm³/mol. The monoisotopic (exact) mass is 227 g/mol. The van der Waals surface area contributed by atoms with Gasteiger partial charge in [-0.3, -0.25) is 4.52 Å². The largest absolute Gasteiger partial charge is 0.377 e. The number of nitrogens with zero attached hydrogens (tertiary/aromatic N) is 3. The van der Waals surface area contributed by atoms with E-state index in [9.17, 15) is 0 Å². The first-order chi connectivity index (χ1) is 7.54. The maximum atomic E-state index is 5.28. The molecule has 0 unspecified atom stereocenters. The van der Waals surface area contributed by atoms with Gasteiger partial charge < -0.3 is 10.1 Å². The van der Waals surface area contributed by atoms with E-state index in [2.05, 4.69) is 36.4 Å². The van der Waals surface area contributed by atoms with Gasteiger partial charge in [-0.25, -0.2) is 0 Å². The lowest BCUT2D eigenvalue weighted by molar-refractivity contribution is -0.759. The van der Waals surface area contributed by atoms with Gasteiger partial charge in [-0.15, -0.1) is 5.01 Å². The molecule has 1 aliphatic heterocycles. The van der Waals surface area contributed by atoms with Crippen molar-refractivity contribution in [3.8, 4) is 0 Å². The fourth-order valence-corrected chi connectivity index (χ4v) is 1.55. The zero-order valence-electron chi connectivity index (χ0n) is 10.1.